The van der Waals surface area contributed by atoms with Crippen molar-refractivity contribution in [2.24, 2.45) is 11.5 Å². The van der Waals surface area contributed by atoms with Gasteiger partial charge >= 0.3 is 17.9 Å². The van der Waals surface area contributed by atoms with E-state index < -0.39 is 49.4 Å². The summed E-state index contributed by atoms with van der Waals surface area (Å²) in [4.78, 5) is 61.3. The second-order valence-corrected chi connectivity index (χ2v) is 7.83. The second-order valence-electron chi connectivity index (χ2n) is 6.95. The zero-order valence-electron chi connectivity index (χ0n) is 18.6. The fourth-order valence-corrected chi connectivity index (χ4v) is 2.69. The first-order valence-electron chi connectivity index (χ1n) is 9.79. The lowest BCUT2D eigenvalue weighted by Gasteiger charge is -2.28. The molecule has 0 aromatic carbocycles. The van der Waals surface area contributed by atoms with Gasteiger partial charge in [-0.25, -0.2) is 0 Å². The number of hydrogen-bond acceptors (Lipinski definition) is 10. The van der Waals surface area contributed by atoms with E-state index >= 15 is 0 Å². The molecule has 0 bridgehead atoms. The van der Waals surface area contributed by atoms with Crippen LogP contribution in [0, 0.1) is 0 Å². The summed E-state index contributed by atoms with van der Waals surface area (Å²) in [5.41, 5.74) is 19.2. The molecule has 0 fully saturated rings. The molecule has 0 rings (SSSR count). The first-order valence-corrected chi connectivity index (χ1v) is 10.6. The summed E-state index contributed by atoms with van der Waals surface area (Å²) >= 11 is 9.11. The van der Waals surface area contributed by atoms with Gasteiger partial charge in [0.25, 0.3) is 11.8 Å². The van der Waals surface area contributed by atoms with Crippen LogP contribution in [0.15, 0.2) is 0 Å². The number of carbonyl (C=O) groups is 5. The lowest BCUT2D eigenvalue weighted by molar-refractivity contribution is -0.141. The standard InChI is InChI=1S/C16H29N9O8S2/c17-15(34)21-19-10(26)5-24(8-13(30)31)3-1-23(7-12(28)29)2-4-25(9-14(32)33)6-11(27)20-22-16(18)35/h1-9H2,(H,19,26)(H,20,27)(H,28,29)(H,30,31)(H,32,33)(H3,17,21,34)(H3,18,22,35). The lowest BCUT2D eigenvalue weighted by Crippen LogP contribution is -2.51. The molecule has 0 atom stereocenters. The van der Waals surface area contributed by atoms with Gasteiger partial charge in [-0.05, 0) is 24.4 Å². The Kier molecular flexibility index (Phi) is 15.4. The van der Waals surface area contributed by atoms with Crippen LogP contribution in [0.25, 0.3) is 0 Å². The van der Waals surface area contributed by atoms with E-state index in [4.69, 9.17) is 21.7 Å². The summed E-state index contributed by atoms with van der Waals surface area (Å²) in [5.74, 6) is -4.87. The van der Waals surface area contributed by atoms with Crippen molar-refractivity contribution in [2.45, 2.75) is 0 Å². The summed E-state index contributed by atoms with van der Waals surface area (Å²) in [6, 6.07) is 0. The Balaban J connectivity index is 5.10. The molecule has 0 aromatic rings. The van der Waals surface area contributed by atoms with Gasteiger partial charge in [0.15, 0.2) is 10.2 Å². The number of thiocarbonyl (C=S) groups is 2. The fourth-order valence-electron chi connectivity index (χ4n) is 2.59. The molecule has 17 nitrogen and oxygen atoms in total. The maximum Gasteiger partial charge on any atom is 0.317 e. The number of nitrogens with zero attached hydrogens (tertiary/aromatic N) is 3. The van der Waals surface area contributed by atoms with Crippen molar-refractivity contribution in [2.75, 3.05) is 58.9 Å². The fraction of sp³-hybridized carbons (Fsp3) is 0.562. The van der Waals surface area contributed by atoms with Crippen LogP contribution in [0.1, 0.15) is 0 Å². The highest BCUT2D eigenvalue weighted by molar-refractivity contribution is 7.80. The average molecular weight is 540 g/mol. The zero-order chi connectivity index (χ0) is 27.0. The molecule has 19 heteroatoms. The first-order chi connectivity index (χ1) is 16.3. The maximum atomic E-state index is 11.9. The van der Waals surface area contributed by atoms with Crippen molar-refractivity contribution < 1.29 is 39.3 Å². The maximum absolute atomic E-state index is 11.9. The number of hydrogen-bond donors (Lipinski definition) is 9. The summed E-state index contributed by atoms with van der Waals surface area (Å²) in [6.45, 7) is -2.18. The highest BCUT2D eigenvalue weighted by Crippen LogP contribution is 1.97. The third-order valence-corrected chi connectivity index (χ3v) is 4.13. The Bertz CT molecular complexity index is 745. The minimum absolute atomic E-state index is 0.0165. The smallest absolute Gasteiger partial charge is 0.317 e. The van der Waals surface area contributed by atoms with Gasteiger partial charge < -0.3 is 26.8 Å². The van der Waals surface area contributed by atoms with E-state index in [-0.39, 0.29) is 49.5 Å². The van der Waals surface area contributed by atoms with E-state index in [0.717, 1.165) is 0 Å². The highest BCUT2D eigenvalue weighted by atomic mass is 32.1. The van der Waals surface area contributed by atoms with Crippen molar-refractivity contribution in [1.82, 2.24) is 36.4 Å². The predicted molar refractivity (Wildman–Crippen MR) is 128 cm³/mol. The molecule has 0 saturated heterocycles. The number of hydrazine groups is 2. The molecule has 0 heterocycles. The molecular formula is C16H29N9O8S2. The van der Waals surface area contributed by atoms with Crippen LogP contribution in [-0.2, 0) is 24.0 Å². The normalized spacial score (nSPS) is 10.6. The van der Waals surface area contributed by atoms with Crippen LogP contribution in [0.2, 0.25) is 0 Å². The largest absolute Gasteiger partial charge is 0.480 e. The van der Waals surface area contributed by atoms with Gasteiger partial charge in [0.1, 0.15) is 0 Å². The van der Waals surface area contributed by atoms with E-state index in [1.807, 2.05) is 0 Å². The summed E-state index contributed by atoms with van der Waals surface area (Å²) in [5, 5.41) is 27.0. The lowest BCUT2D eigenvalue weighted by atomic mass is 10.3. The van der Waals surface area contributed by atoms with Crippen LogP contribution in [-0.4, -0.2) is 129 Å². The first kappa shape index (κ1) is 31.6. The third-order valence-electron chi connectivity index (χ3n) is 3.93. The molecule has 0 aliphatic heterocycles. The Hall–Kier alpha value is -3.39. The van der Waals surface area contributed by atoms with Gasteiger partial charge in [-0.1, -0.05) is 0 Å². The van der Waals surface area contributed by atoms with Gasteiger partial charge in [0.05, 0.1) is 32.7 Å². The number of nitrogens with one attached hydrogen (secondary N) is 4. The second kappa shape index (κ2) is 17.1. The van der Waals surface area contributed by atoms with E-state index in [1.54, 1.807) is 0 Å². The number of amides is 2. The van der Waals surface area contributed by atoms with Crippen LogP contribution in [0.3, 0.4) is 0 Å². The van der Waals surface area contributed by atoms with Crippen LogP contribution in [0.4, 0.5) is 0 Å². The van der Waals surface area contributed by atoms with Gasteiger partial charge in [0, 0.05) is 26.2 Å². The topological polar surface area (TPSA) is 256 Å². The summed E-state index contributed by atoms with van der Waals surface area (Å²) < 4.78 is 0. The molecule has 11 N–H and O–H groups in total. The van der Waals surface area contributed by atoms with Gasteiger partial charge in [0.2, 0.25) is 0 Å². The van der Waals surface area contributed by atoms with Gasteiger partial charge in [-0.15, -0.1) is 0 Å². The monoisotopic (exact) mass is 539 g/mol. The van der Waals surface area contributed by atoms with E-state index in [1.165, 1.54) is 14.7 Å². The molecule has 0 spiro atoms. The van der Waals surface area contributed by atoms with Gasteiger partial charge in [-0.2, -0.15) is 0 Å². The molecular weight excluding hydrogens is 510 g/mol. The zero-order valence-corrected chi connectivity index (χ0v) is 20.2. The van der Waals surface area contributed by atoms with Crippen molar-refractivity contribution in [3.05, 3.63) is 0 Å². The number of rotatable bonds is 16. The quantitative estimate of drug-likeness (QED) is 0.0656. The molecule has 0 saturated carbocycles. The van der Waals surface area contributed by atoms with Crippen molar-refractivity contribution >= 4 is 64.4 Å². The SMILES string of the molecule is NC(=S)NNC(=O)CN(CCN(CCN(CC(=O)O)CC(=O)NNC(N)=S)CC(=O)O)CC(=O)O. The third kappa shape index (κ3) is 18.7. The van der Waals surface area contributed by atoms with Crippen molar-refractivity contribution in [3.8, 4) is 0 Å². The van der Waals surface area contributed by atoms with Crippen LogP contribution in [0.5, 0.6) is 0 Å². The van der Waals surface area contributed by atoms with Crippen molar-refractivity contribution in [3.63, 3.8) is 0 Å². The molecule has 0 aliphatic rings. The van der Waals surface area contributed by atoms with Gasteiger partial charge in [-0.3, -0.25) is 60.4 Å². The highest BCUT2D eigenvalue weighted by Gasteiger charge is 2.19. The molecule has 0 unspecified atom stereocenters. The van der Waals surface area contributed by atoms with Crippen LogP contribution >= 0.6 is 24.4 Å². The minimum atomic E-state index is -1.21. The molecule has 0 aromatic heterocycles. The number of nitrogens with two attached hydrogens (primary N) is 2. The van der Waals surface area contributed by atoms with E-state index in [2.05, 4.69) is 46.1 Å². The number of carbonyl (C=O) groups excluding carboxylic acids is 2. The summed E-state index contributed by atoms with van der Waals surface area (Å²) in [6.07, 6.45) is 0. The Morgan fingerprint density at radius 3 is 1.11 bits per heavy atom. The number of carboxylic acids is 3. The minimum Gasteiger partial charge on any atom is -0.480 e. The molecule has 198 valence electrons. The van der Waals surface area contributed by atoms with Crippen LogP contribution < -0.4 is 33.2 Å². The molecule has 0 radical (unpaired) electrons. The Morgan fingerprint density at radius 2 is 0.829 bits per heavy atom. The number of carboxylic acid groups (broad SMARTS) is 3. The number of aliphatic carboxylic acids is 3. The molecule has 35 heavy (non-hydrogen) atoms. The van der Waals surface area contributed by atoms with E-state index in [9.17, 15) is 29.1 Å². The Morgan fingerprint density at radius 1 is 0.543 bits per heavy atom. The predicted octanol–water partition coefficient (Wildman–Crippen LogP) is -5.13. The molecule has 2 amide bonds. The summed E-state index contributed by atoms with van der Waals surface area (Å²) in [7, 11) is 0. The van der Waals surface area contributed by atoms with Crippen molar-refractivity contribution in [1.29, 1.82) is 0 Å². The molecule has 0 aliphatic carbocycles. The Labute approximate surface area is 210 Å². The van der Waals surface area contributed by atoms with E-state index in [0.29, 0.717) is 0 Å². The average Bonchev–Trinajstić information content (AvgIpc) is 2.71.